The monoisotopic (exact) mass is 292 g/mol. The second-order valence-electron chi connectivity index (χ2n) is 3.73. The van der Waals surface area contributed by atoms with E-state index in [-0.39, 0.29) is 29.7 Å². The number of aliphatic hydroxyl groups is 1. The third-order valence-electron chi connectivity index (χ3n) is 2.04. The topological polar surface area (TPSA) is 166 Å². The van der Waals surface area contributed by atoms with Gasteiger partial charge in [0.2, 0.25) is 5.91 Å². The number of carbonyl (C=O) groups is 1. The third-order valence-corrected chi connectivity index (χ3v) is 2.04. The number of hydrogen-bond donors (Lipinski definition) is 6. The van der Waals surface area contributed by atoms with E-state index in [0.29, 0.717) is 11.5 Å². The summed E-state index contributed by atoms with van der Waals surface area (Å²) in [6, 6.07) is 3.12. The number of anilines is 3. The number of pyridine rings is 1. The fourth-order valence-corrected chi connectivity index (χ4v) is 0.972. The number of nitrogens with one attached hydrogen (secondary N) is 1. The molecule has 0 aliphatic carbocycles. The molecule has 114 valence electrons. The van der Waals surface area contributed by atoms with Crippen LogP contribution < -0.4 is 28.3 Å². The van der Waals surface area contributed by atoms with E-state index >= 15 is 0 Å². The highest BCUT2D eigenvalue weighted by molar-refractivity contribution is 5.91. The SMILES string of the molecule is C=C/C=C(/N)C(=C)O.NCC(=O)Nc1ccc(N)c(N)n1. The summed E-state index contributed by atoms with van der Waals surface area (Å²) in [7, 11) is 0. The second-order valence-corrected chi connectivity index (χ2v) is 3.73. The Labute approximate surface area is 122 Å². The van der Waals surface area contributed by atoms with Gasteiger partial charge in [0.1, 0.15) is 17.4 Å². The smallest absolute Gasteiger partial charge is 0.239 e. The van der Waals surface area contributed by atoms with Crippen molar-refractivity contribution in [3.8, 4) is 0 Å². The van der Waals surface area contributed by atoms with E-state index in [1.54, 1.807) is 12.1 Å². The number of amides is 1. The van der Waals surface area contributed by atoms with Crippen molar-refractivity contribution in [2.24, 2.45) is 11.5 Å². The van der Waals surface area contributed by atoms with Gasteiger partial charge < -0.3 is 33.4 Å². The molecule has 0 aromatic carbocycles. The first kappa shape index (κ1) is 18.0. The third kappa shape index (κ3) is 7.23. The Hall–Kier alpha value is -3.00. The Bertz CT molecular complexity index is 554. The van der Waals surface area contributed by atoms with E-state index in [4.69, 9.17) is 28.0 Å². The molecular formula is C13H20N6O2. The van der Waals surface area contributed by atoms with E-state index < -0.39 is 0 Å². The molecule has 10 N–H and O–H groups in total. The Morgan fingerprint density at radius 3 is 2.43 bits per heavy atom. The number of nitrogens with zero attached hydrogens (tertiary/aromatic N) is 1. The molecule has 1 heterocycles. The zero-order chi connectivity index (χ0) is 16.4. The molecule has 0 radical (unpaired) electrons. The van der Waals surface area contributed by atoms with Crippen LogP contribution in [0.4, 0.5) is 17.3 Å². The lowest BCUT2D eigenvalue weighted by molar-refractivity contribution is -0.114. The van der Waals surface area contributed by atoms with Crippen LogP contribution in [0.3, 0.4) is 0 Å². The summed E-state index contributed by atoms with van der Waals surface area (Å²) >= 11 is 0. The maximum Gasteiger partial charge on any atom is 0.239 e. The fourth-order valence-electron chi connectivity index (χ4n) is 0.972. The van der Waals surface area contributed by atoms with E-state index in [1.165, 1.54) is 12.2 Å². The van der Waals surface area contributed by atoms with Crippen molar-refractivity contribution in [2.45, 2.75) is 0 Å². The van der Waals surface area contributed by atoms with Crippen LogP contribution in [-0.2, 0) is 4.79 Å². The van der Waals surface area contributed by atoms with E-state index in [1.807, 2.05) is 0 Å². The average molecular weight is 292 g/mol. The number of rotatable bonds is 4. The maximum atomic E-state index is 10.8. The van der Waals surface area contributed by atoms with Gasteiger partial charge in [-0.3, -0.25) is 4.79 Å². The molecule has 0 aliphatic rings. The predicted octanol–water partition coefficient (Wildman–Crippen LogP) is 0.230. The van der Waals surface area contributed by atoms with Gasteiger partial charge in [-0.2, -0.15) is 0 Å². The standard InChI is InChI=1S/C7H11N5O.C6H9NO/c8-3-6(13)11-5-2-1-4(9)7(10)12-5;1-3-4-6(7)5(2)8/h1-2H,3,8-9H2,(H3,10,11,12,13);3-4,8H,1-2,7H2/b;6-4+. The van der Waals surface area contributed by atoms with Gasteiger partial charge >= 0.3 is 0 Å². The molecule has 8 nitrogen and oxygen atoms in total. The lowest BCUT2D eigenvalue weighted by atomic mass is 10.4. The first-order chi connectivity index (χ1) is 9.81. The number of nitrogen functional groups attached to an aromatic ring is 2. The van der Waals surface area contributed by atoms with Gasteiger partial charge in [-0.25, -0.2) is 4.98 Å². The Kier molecular flexibility index (Phi) is 7.71. The highest BCUT2D eigenvalue weighted by Gasteiger charge is 2.02. The first-order valence-electron chi connectivity index (χ1n) is 5.80. The van der Waals surface area contributed by atoms with Crippen molar-refractivity contribution in [2.75, 3.05) is 23.3 Å². The molecule has 0 atom stereocenters. The molecule has 1 aromatic heterocycles. The highest BCUT2D eigenvalue weighted by Crippen LogP contribution is 2.14. The number of hydrogen-bond acceptors (Lipinski definition) is 7. The van der Waals surface area contributed by atoms with Gasteiger partial charge in [-0.1, -0.05) is 19.2 Å². The summed E-state index contributed by atoms with van der Waals surface area (Å²) in [5, 5.41) is 11.0. The van der Waals surface area contributed by atoms with Crippen molar-refractivity contribution in [3.05, 3.63) is 48.9 Å². The summed E-state index contributed by atoms with van der Waals surface area (Å²) < 4.78 is 0. The molecule has 0 unspecified atom stereocenters. The van der Waals surface area contributed by atoms with Crippen molar-refractivity contribution in [1.29, 1.82) is 0 Å². The normalized spacial score (nSPS) is 10.0. The largest absolute Gasteiger partial charge is 0.506 e. The average Bonchev–Trinajstić information content (AvgIpc) is 2.43. The summed E-state index contributed by atoms with van der Waals surface area (Å²) in [6.07, 6.45) is 2.96. The lowest BCUT2D eigenvalue weighted by Crippen LogP contribution is -2.22. The fraction of sp³-hybridized carbons (Fsp3) is 0.0769. The maximum absolute atomic E-state index is 10.8. The number of carbonyl (C=O) groups excluding carboxylic acids is 1. The number of allylic oxidation sites excluding steroid dienone is 2. The molecule has 8 heteroatoms. The summed E-state index contributed by atoms with van der Waals surface area (Å²) in [5.74, 6) is 0.0959. The van der Waals surface area contributed by atoms with Crippen LogP contribution in [0.1, 0.15) is 0 Å². The van der Waals surface area contributed by atoms with Gasteiger partial charge in [0.05, 0.1) is 17.9 Å². The molecule has 0 spiro atoms. The molecule has 0 bridgehead atoms. The van der Waals surface area contributed by atoms with E-state index in [9.17, 15) is 4.79 Å². The van der Waals surface area contributed by atoms with Gasteiger partial charge in [-0.05, 0) is 18.2 Å². The molecule has 1 rings (SSSR count). The number of nitrogens with two attached hydrogens (primary N) is 4. The molecule has 0 aliphatic heterocycles. The Balaban J connectivity index is 0.000000433. The van der Waals surface area contributed by atoms with Crippen LogP contribution in [0.2, 0.25) is 0 Å². The minimum atomic E-state index is -0.323. The molecule has 0 fully saturated rings. The molecule has 0 saturated carbocycles. The van der Waals surface area contributed by atoms with Gasteiger partial charge in [0.15, 0.2) is 0 Å². The number of aromatic nitrogens is 1. The highest BCUT2D eigenvalue weighted by atomic mass is 16.3. The lowest BCUT2D eigenvalue weighted by Gasteiger charge is -2.04. The molecule has 0 saturated heterocycles. The van der Waals surface area contributed by atoms with Crippen LogP contribution in [0, 0.1) is 0 Å². The van der Waals surface area contributed by atoms with Crippen molar-refractivity contribution < 1.29 is 9.90 Å². The molecular weight excluding hydrogens is 272 g/mol. The minimum Gasteiger partial charge on any atom is -0.506 e. The Morgan fingerprint density at radius 2 is 2.05 bits per heavy atom. The molecule has 21 heavy (non-hydrogen) atoms. The Morgan fingerprint density at radius 1 is 1.43 bits per heavy atom. The van der Waals surface area contributed by atoms with E-state index in [2.05, 4.69) is 23.5 Å². The molecule has 1 amide bonds. The van der Waals surface area contributed by atoms with Crippen LogP contribution in [0.25, 0.3) is 0 Å². The predicted molar refractivity (Wildman–Crippen MR) is 85.0 cm³/mol. The first-order valence-corrected chi connectivity index (χ1v) is 5.80. The summed E-state index contributed by atoms with van der Waals surface area (Å²) in [5.41, 5.74) is 21.7. The van der Waals surface area contributed by atoms with Crippen LogP contribution in [0.5, 0.6) is 0 Å². The van der Waals surface area contributed by atoms with Crippen LogP contribution in [0.15, 0.2) is 48.9 Å². The van der Waals surface area contributed by atoms with Crippen LogP contribution in [-0.4, -0.2) is 22.5 Å². The molecule has 1 aromatic rings. The van der Waals surface area contributed by atoms with E-state index in [0.717, 1.165) is 0 Å². The summed E-state index contributed by atoms with van der Waals surface area (Å²) in [4.78, 5) is 14.7. The zero-order valence-corrected chi connectivity index (χ0v) is 11.5. The summed E-state index contributed by atoms with van der Waals surface area (Å²) in [6.45, 7) is 6.47. The van der Waals surface area contributed by atoms with Gasteiger partial charge in [-0.15, -0.1) is 0 Å². The van der Waals surface area contributed by atoms with Crippen molar-refractivity contribution in [3.63, 3.8) is 0 Å². The van der Waals surface area contributed by atoms with Crippen molar-refractivity contribution in [1.82, 2.24) is 4.98 Å². The van der Waals surface area contributed by atoms with Crippen molar-refractivity contribution >= 4 is 23.2 Å². The second kappa shape index (κ2) is 8.99. The van der Waals surface area contributed by atoms with Gasteiger partial charge in [0, 0.05) is 0 Å². The quantitative estimate of drug-likeness (QED) is 0.341. The zero-order valence-electron chi connectivity index (χ0n) is 11.5. The van der Waals surface area contributed by atoms with Crippen LogP contribution >= 0.6 is 0 Å². The minimum absolute atomic E-state index is 0.0913. The van der Waals surface area contributed by atoms with Gasteiger partial charge in [0.25, 0.3) is 0 Å². The number of aliphatic hydroxyl groups excluding tert-OH is 1.